The Morgan fingerprint density at radius 1 is 1.56 bits per heavy atom. The number of aliphatic hydroxyl groups is 1. The maximum atomic E-state index is 10.5. The van der Waals surface area contributed by atoms with Crippen molar-refractivity contribution in [2.45, 2.75) is 12.5 Å². The van der Waals surface area contributed by atoms with Crippen LogP contribution < -0.4 is 5.32 Å². The van der Waals surface area contributed by atoms with E-state index in [0.29, 0.717) is 0 Å². The monoisotopic (exact) mass is 221 g/mol. The number of aromatic carboxylic acids is 1. The first-order chi connectivity index (χ1) is 7.63. The Balaban J connectivity index is 2.50. The van der Waals surface area contributed by atoms with E-state index in [9.17, 15) is 9.90 Å². The normalized spacial score (nSPS) is 11.5. The van der Waals surface area contributed by atoms with Gasteiger partial charge in [0.1, 0.15) is 0 Å². The number of rotatable bonds is 5. The van der Waals surface area contributed by atoms with Gasteiger partial charge in [0.15, 0.2) is 0 Å². The lowest BCUT2D eigenvalue weighted by Crippen LogP contribution is -2.20. The summed E-state index contributed by atoms with van der Waals surface area (Å²) in [4.78, 5) is 18.0. The predicted octanol–water partition coefficient (Wildman–Crippen LogP) is -0.0291. The molecule has 1 aromatic heterocycles. The fraction of sp³-hybridized carbons (Fsp3) is 0.300. The minimum Gasteiger partial charge on any atom is -0.478 e. The van der Waals surface area contributed by atoms with Crippen molar-refractivity contribution in [1.29, 1.82) is 0 Å². The van der Waals surface area contributed by atoms with Gasteiger partial charge < -0.3 is 15.5 Å². The molecule has 0 aliphatic rings. The van der Waals surface area contributed by atoms with Crippen molar-refractivity contribution >= 4 is 11.9 Å². The van der Waals surface area contributed by atoms with E-state index in [1.807, 2.05) is 0 Å². The van der Waals surface area contributed by atoms with Crippen LogP contribution in [-0.2, 0) is 0 Å². The van der Waals surface area contributed by atoms with Crippen LogP contribution in [0, 0.1) is 12.3 Å². The zero-order valence-corrected chi connectivity index (χ0v) is 8.42. The van der Waals surface area contributed by atoms with E-state index in [2.05, 4.69) is 21.2 Å². The molecular weight excluding hydrogens is 210 g/mol. The van der Waals surface area contributed by atoms with Gasteiger partial charge in [-0.1, -0.05) is 0 Å². The number of aromatic nitrogens is 2. The van der Waals surface area contributed by atoms with Crippen LogP contribution in [0.1, 0.15) is 16.8 Å². The Labute approximate surface area is 92.4 Å². The summed E-state index contributed by atoms with van der Waals surface area (Å²) in [6, 6.07) is 0. The van der Waals surface area contributed by atoms with Crippen LogP contribution in [0.15, 0.2) is 12.4 Å². The van der Waals surface area contributed by atoms with E-state index < -0.39 is 12.1 Å². The summed E-state index contributed by atoms with van der Waals surface area (Å²) < 4.78 is 0. The zero-order chi connectivity index (χ0) is 12.0. The van der Waals surface area contributed by atoms with Gasteiger partial charge in [-0.05, 0) is 0 Å². The number of hydrogen-bond acceptors (Lipinski definition) is 5. The molecule has 0 amide bonds. The van der Waals surface area contributed by atoms with E-state index in [1.54, 1.807) is 0 Å². The topological polar surface area (TPSA) is 95.3 Å². The van der Waals surface area contributed by atoms with Crippen LogP contribution >= 0.6 is 0 Å². The molecular formula is C10H11N3O3. The highest BCUT2D eigenvalue weighted by molar-refractivity contribution is 5.86. The third kappa shape index (κ3) is 3.55. The van der Waals surface area contributed by atoms with Crippen molar-refractivity contribution in [1.82, 2.24) is 9.97 Å². The molecule has 3 N–H and O–H groups in total. The second kappa shape index (κ2) is 5.68. The number of carboxylic acid groups (broad SMARTS) is 1. The number of nitrogens with zero attached hydrogens (tertiary/aromatic N) is 2. The number of aliphatic hydroxyl groups excluding tert-OH is 1. The number of carboxylic acids is 1. The molecule has 0 aliphatic carbocycles. The number of anilines is 1. The van der Waals surface area contributed by atoms with Crippen LogP contribution in [-0.4, -0.2) is 38.8 Å². The summed E-state index contributed by atoms with van der Waals surface area (Å²) in [5, 5.41) is 20.6. The maximum Gasteiger partial charge on any atom is 0.338 e. The SMILES string of the molecule is C#CCC(O)CNc1ncc(C(=O)O)cn1. The number of terminal acetylenes is 1. The Morgan fingerprint density at radius 3 is 2.69 bits per heavy atom. The summed E-state index contributed by atoms with van der Waals surface area (Å²) in [7, 11) is 0. The highest BCUT2D eigenvalue weighted by Gasteiger charge is 2.05. The quantitative estimate of drug-likeness (QED) is 0.604. The Bertz CT molecular complexity index is 397. The molecule has 84 valence electrons. The molecule has 0 bridgehead atoms. The van der Waals surface area contributed by atoms with Crippen LogP contribution in [0.4, 0.5) is 5.95 Å². The number of nitrogens with one attached hydrogen (secondary N) is 1. The minimum atomic E-state index is -1.08. The largest absolute Gasteiger partial charge is 0.478 e. The fourth-order valence-electron chi connectivity index (χ4n) is 0.947. The first-order valence-electron chi connectivity index (χ1n) is 4.54. The molecule has 0 radical (unpaired) electrons. The molecule has 0 spiro atoms. The first-order valence-corrected chi connectivity index (χ1v) is 4.54. The molecule has 0 aliphatic heterocycles. The lowest BCUT2D eigenvalue weighted by atomic mass is 10.2. The smallest absolute Gasteiger partial charge is 0.338 e. The van der Waals surface area contributed by atoms with Gasteiger partial charge in [0.2, 0.25) is 5.95 Å². The maximum absolute atomic E-state index is 10.5. The molecule has 1 unspecified atom stereocenters. The highest BCUT2D eigenvalue weighted by Crippen LogP contribution is 2.00. The van der Waals surface area contributed by atoms with Gasteiger partial charge in [-0.2, -0.15) is 0 Å². The molecule has 6 nitrogen and oxygen atoms in total. The predicted molar refractivity (Wildman–Crippen MR) is 56.9 cm³/mol. The van der Waals surface area contributed by atoms with Crippen molar-refractivity contribution in [3.8, 4) is 12.3 Å². The van der Waals surface area contributed by atoms with E-state index in [0.717, 1.165) is 0 Å². The molecule has 1 heterocycles. The Morgan fingerprint density at radius 2 is 2.19 bits per heavy atom. The standard InChI is InChI=1S/C10H11N3O3/c1-2-3-8(14)6-13-10-11-4-7(5-12-10)9(15)16/h1,4-5,8,14H,3,6H2,(H,15,16)(H,11,12,13). The van der Waals surface area contributed by atoms with Crippen LogP contribution in [0.25, 0.3) is 0 Å². The molecule has 0 saturated carbocycles. The summed E-state index contributed by atoms with van der Waals surface area (Å²) >= 11 is 0. The summed E-state index contributed by atoms with van der Waals surface area (Å²) in [5.74, 6) is 1.49. The highest BCUT2D eigenvalue weighted by atomic mass is 16.4. The first kappa shape index (κ1) is 11.9. The van der Waals surface area contributed by atoms with Crippen LogP contribution in [0.2, 0.25) is 0 Å². The molecule has 0 saturated heterocycles. The van der Waals surface area contributed by atoms with E-state index in [4.69, 9.17) is 11.5 Å². The summed E-state index contributed by atoms with van der Waals surface area (Å²) in [5.41, 5.74) is 0.00900. The van der Waals surface area contributed by atoms with Crippen molar-refractivity contribution in [2.75, 3.05) is 11.9 Å². The Kier molecular flexibility index (Phi) is 4.24. The van der Waals surface area contributed by atoms with Crippen molar-refractivity contribution in [2.24, 2.45) is 0 Å². The van der Waals surface area contributed by atoms with Gasteiger partial charge in [-0.3, -0.25) is 0 Å². The minimum absolute atomic E-state index is 0.00900. The second-order valence-corrected chi connectivity index (χ2v) is 3.04. The molecule has 0 fully saturated rings. The molecule has 1 aromatic rings. The van der Waals surface area contributed by atoms with Crippen molar-refractivity contribution in [3.05, 3.63) is 18.0 Å². The van der Waals surface area contributed by atoms with Gasteiger partial charge in [-0.15, -0.1) is 12.3 Å². The van der Waals surface area contributed by atoms with E-state index in [1.165, 1.54) is 12.4 Å². The molecule has 6 heteroatoms. The van der Waals surface area contributed by atoms with Crippen LogP contribution in [0.3, 0.4) is 0 Å². The van der Waals surface area contributed by atoms with Crippen molar-refractivity contribution < 1.29 is 15.0 Å². The zero-order valence-electron chi connectivity index (χ0n) is 8.42. The Hall–Kier alpha value is -2.13. The van der Waals surface area contributed by atoms with E-state index in [-0.39, 0.29) is 24.5 Å². The molecule has 1 rings (SSSR count). The van der Waals surface area contributed by atoms with Crippen molar-refractivity contribution in [3.63, 3.8) is 0 Å². The summed E-state index contributed by atoms with van der Waals surface area (Å²) in [6.45, 7) is 0.219. The third-order valence-corrected chi connectivity index (χ3v) is 1.75. The van der Waals surface area contributed by atoms with Gasteiger partial charge in [0.05, 0.1) is 11.7 Å². The van der Waals surface area contributed by atoms with Gasteiger partial charge >= 0.3 is 5.97 Å². The lowest BCUT2D eigenvalue weighted by Gasteiger charge is -2.08. The van der Waals surface area contributed by atoms with Gasteiger partial charge in [0.25, 0.3) is 0 Å². The summed E-state index contributed by atoms with van der Waals surface area (Å²) in [6.07, 6.45) is 6.95. The average molecular weight is 221 g/mol. The van der Waals surface area contributed by atoms with Gasteiger partial charge in [-0.25, -0.2) is 14.8 Å². The molecule has 0 aromatic carbocycles. The fourth-order valence-corrected chi connectivity index (χ4v) is 0.947. The average Bonchev–Trinajstić information content (AvgIpc) is 2.27. The van der Waals surface area contributed by atoms with E-state index >= 15 is 0 Å². The molecule has 1 atom stereocenters. The lowest BCUT2D eigenvalue weighted by molar-refractivity contribution is 0.0696. The second-order valence-electron chi connectivity index (χ2n) is 3.04. The number of carbonyl (C=O) groups is 1. The number of hydrogen-bond donors (Lipinski definition) is 3. The molecule has 16 heavy (non-hydrogen) atoms. The van der Waals surface area contributed by atoms with Crippen LogP contribution in [0.5, 0.6) is 0 Å². The van der Waals surface area contributed by atoms with Gasteiger partial charge in [0, 0.05) is 25.4 Å². The third-order valence-electron chi connectivity index (χ3n) is 1.75.